The fraction of sp³-hybridized carbons (Fsp3) is 0.346. The molecule has 4 rings (SSSR count). The summed E-state index contributed by atoms with van der Waals surface area (Å²) in [6, 6.07) is 17.2. The van der Waals surface area contributed by atoms with E-state index >= 15 is 0 Å². The van der Waals surface area contributed by atoms with Crippen molar-refractivity contribution in [2.75, 3.05) is 6.61 Å². The lowest BCUT2D eigenvalue weighted by atomic mass is 9.69. The Morgan fingerprint density at radius 2 is 1.77 bits per heavy atom. The van der Waals surface area contributed by atoms with Crippen molar-refractivity contribution in [1.82, 2.24) is 0 Å². The molecular weight excluding hydrogens is 390 g/mol. The van der Waals surface area contributed by atoms with Gasteiger partial charge in [0, 0.05) is 23.7 Å². The summed E-state index contributed by atoms with van der Waals surface area (Å²) in [7, 11) is 0. The number of hydrogen-bond donors (Lipinski definition) is 0. The van der Waals surface area contributed by atoms with Crippen LogP contribution in [0.25, 0.3) is 0 Å². The quantitative estimate of drug-likeness (QED) is 0.620. The molecule has 0 radical (unpaired) electrons. The number of fused-ring (bicyclic) bond motifs is 1. The van der Waals surface area contributed by atoms with E-state index in [0.717, 1.165) is 35.4 Å². The van der Waals surface area contributed by atoms with Crippen molar-refractivity contribution in [3.8, 4) is 5.75 Å². The summed E-state index contributed by atoms with van der Waals surface area (Å²) < 4.78 is 11.2. The van der Waals surface area contributed by atoms with Gasteiger partial charge in [0.05, 0.1) is 18.1 Å². The predicted octanol–water partition coefficient (Wildman–Crippen LogP) is 5.01. The van der Waals surface area contributed by atoms with E-state index in [4.69, 9.17) is 9.47 Å². The van der Waals surface area contributed by atoms with Crippen molar-refractivity contribution >= 4 is 17.5 Å². The highest BCUT2D eigenvalue weighted by Crippen LogP contribution is 2.43. The first-order chi connectivity index (χ1) is 15.1. The molecular formula is C26H27NO4. The normalized spacial score (nSPS) is 20.7. The van der Waals surface area contributed by atoms with Gasteiger partial charge in [-0.25, -0.2) is 4.79 Å². The van der Waals surface area contributed by atoms with Crippen LogP contribution in [0.4, 0.5) is 0 Å². The third-order valence-electron chi connectivity index (χ3n) is 5.89. The molecule has 2 aromatic rings. The molecule has 31 heavy (non-hydrogen) atoms. The van der Waals surface area contributed by atoms with Gasteiger partial charge in [0.15, 0.2) is 0 Å². The molecule has 0 saturated heterocycles. The summed E-state index contributed by atoms with van der Waals surface area (Å²) in [5.41, 5.74) is 3.82. The Morgan fingerprint density at radius 1 is 1.03 bits per heavy atom. The molecule has 0 aromatic heterocycles. The van der Waals surface area contributed by atoms with Crippen LogP contribution >= 0.6 is 0 Å². The van der Waals surface area contributed by atoms with Gasteiger partial charge in [-0.1, -0.05) is 42.5 Å². The zero-order valence-corrected chi connectivity index (χ0v) is 18.0. The maximum absolute atomic E-state index is 13.2. The zero-order chi connectivity index (χ0) is 21.8. The van der Waals surface area contributed by atoms with Crippen molar-refractivity contribution in [1.29, 1.82) is 0 Å². The Kier molecular flexibility index (Phi) is 6.31. The summed E-state index contributed by atoms with van der Waals surface area (Å²) >= 11 is 0. The molecule has 2 aliphatic rings. The number of Topliss-reactive ketones (excluding diaryl/α,β-unsaturated/α-hetero) is 1. The van der Waals surface area contributed by atoms with Gasteiger partial charge in [0.25, 0.3) is 0 Å². The fourth-order valence-corrected chi connectivity index (χ4v) is 4.48. The van der Waals surface area contributed by atoms with Crippen LogP contribution in [0.15, 0.2) is 70.9 Å². The first-order valence-electron chi connectivity index (χ1n) is 10.8. The molecule has 0 spiro atoms. The lowest BCUT2D eigenvalue weighted by Gasteiger charge is -2.35. The van der Waals surface area contributed by atoms with Crippen molar-refractivity contribution < 1.29 is 19.1 Å². The molecule has 160 valence electrons. The second-order valence-electron chi connectivity index (χ2n) is 7.94. The van der Waals surface area contributed by atoms with E-state index in [9.17, 15) is 9.59 Å². The summed E-state index contributed by atoms with van der Waals surface area (Å²) in [6.45, 7) is 4.53. The average Bonchev–Trinajstić information content (AvgIpc) is 2.78. The van der Waals surface area contributed by atoms with Gasteiger partial charge < -0.3 is 9.47 Å². The lowest BCUT2D eigenvalue weighted by molar-refractivity contribution is -0.140. The van der Waals surface area contributed by atoms with E-state index in [-0.39, 0.29) is 18.3 Å². The smallest absolute Gasteiger partial charge is 0.336 e. The van der Waals surface area contributed by atoms with Crippen LogP contribution in [0, 0.1) is 5.92 Å². The minimum atomic E-state index is -0.415. The number of hydrogen-bond acceptors (Lipinski definition) is 5. The molecule has 1 heterocycles. The average molecular weight is 418 g/mol. The van der Waals surface area contributed by atoms with Gasteiger partial charge in [-0.2, -0.15) is 0 Å². The Morgan fingerprint density at radius 3 is 2.48 bits per heavy atom. The van der Waals surface area contributed by atoms with Crippen LogP contribution in [-0.2, 0) is 20.9 Å². The Bertz CT molecular complexity index is 1020. The SMILES string of the molecule is CCOc1ccc([C@H]2C(C(=O)OCc3ccccc3)=C(C)N=C3CCCC(=O)C32)cc1. The van der Waals surface area contributed by atoms with Gasteiger partial charge in [-0.3, -0.25) is 9.79 Å². The van der Waals surface area contributed by atoms with Crippen molar-refractivity contribution in [3.63, 3.8) is 0 Å². The van der Waals surface area contributed by atoms with Crippen molar-refractivity contribution in [3.05, 3.63) is 77.0 Å². The van der Waals surface area contributed by atoms with E-state index in [1.54, 1.807) is 0 Å². The van der Waals surface area contributed by atoms with Crippen molar-refractivity contribution in [2.24, 2.45) is 10.9 Å². The van der Waals surface area contributed by atoms with Crippen LogP contribution in [0.1, 0.15) is 50.2 Å². The molecule has 5 heteroatoms. The number of carbonyl (C=O) groups excluding carboxylic acids is 2. The van der Waals surface area contributed by atoms with Crippen LogP contribution < -0.4 is 4.74 Å². The van der Waals surface area contributed by atoms with Gasteiger partial charge in [-0.15, -0.1) is 0 Å². The topological polar surface area (TPSA) is 65.0 Å². The molecule has 1 aliphatic carbocycles. The van der Waals surface area contributed by atoms with E-state index < -0.39 is 11.9 Å². The molecule has 0 bridgehead atoms. The third kappa shape index (κ3) is 4.46. The van der Waals surface area contributed by atoms with Crippen LogP contribution in [0.2, 0.25) is 0 Å². The first kappa shape index (κ1) is 21.0. The summed E-state index contributed by atoms with van der Waals surface area (Å²) in [5.74, 6) is -0.306. The number of ketones is 1. The molecule has 2 aromatic carbocycles. The van der Waals surface area contributed by atoms with E-state index in [1.807, 2.05) is 68.4 Å². The molecule has 1 saturated carbocycles. The minimum Gasteiger partial charge on any atom is -0.494 e. The zero-order valence-electron chi connectivity index (χ0n) is 18.0. The number of aliphatic imine (C=N–C) groups is 1. The highest BCUT2D eigenvalue weighted by molar-refractivity contribution is 6.11. The summed E-state index contributed by atoms with van der Waals surface area (Å²) in [4.78, 5) is 30.9. The molecule has 1 unspecified atom stereocenters. The second-order valence-corrected chi connectivity index (χ2v) is 7.94. The highest BCUT2D eigenvalue weighted by atomic mass is 16.5. The Labute approximate surface area is 182 Å². The second kappa shape index (κ2) is 9.29. The van der Waals surface area contributed by atoms with Crippen LogP contribution in [0.3, 0.4) is 0 Å². The monoisotopic (exact) mass is 417 g/mol. The lowest BCUT2D eigenvalue weighted by Crippen LogP contribution is -2.39. The Hall–Kier alpha value is -3.21. The van der Waals surface area contributed by atoms with Gasteiger partial charge in [0.1, 0.15) is 18.1 Å². The molecule has 1 aliphatic heterocycles. The Balaban J connectivity index is 1.69. The number of esters is 1. The van der Waals surface area contributed by atoms with E-state index in [2.05, 4.69) is 4.99 Å². The van der Waals surface area contributed by atoms with Crippen LogP contribution in [-0.4, -0.2) is 24.1 Å². The number of nitrogens with zero attached hydrogens (tertiary/aromatic N) is 1. The number of allylic oxidation sites excluding steroid dienone is 1. The van der Waals surface area contributed by atoms with E-state index in [1.165, 1.54) is 0 Å². The summed E-state index contributed by atoms with van der Waals surface area (Å²) in [6.07, 6.45) is 2.11. The van der Waals surface area contributed by atoms with E-state index in [0.29, 0.717) is 24.3 Å². The van der Waals surface area contributed by atoms with Gasteiger partial charge in [-0.05, 0) is 49.9 Å². The summed E-state index contributed by atoms with van der Waals surface area (Å²) in [5, 5.41) is 0. The van der Waals surface area contributed by atoms with Crippen molar-refractivity contribution in [2.45, 2.75) is 45.6 Å². The number of rotatable bonds is 6. The van der Waals surface area contributed by atoms with Gasteiger partial charge in [0.2, 0.25) is 0 Å². The highest BCUT2D eigenvalue weighted by Gasteiger charge is 2.43. The standard InChI is InChI=1S/C26H27NO4/c1-3-30-20-14-12-19(13-15-20)24-23(26(29)31-16-18-8-5-4-6-9-18)17(2)27-21-10-7-11-22(28)25(21)24/h4-6,8-9,12-15,24-25H,3,7,10-11,16H2,1-2H3/t24-,25?/m0/s1. The molecule has 5 nitrogen and oxygen atoms in total. The molecule has 0 amide bonds. The minimum absolute atomic E-state index is 0.143. The fourth-order valence-electron chi connectivity index (χ4n) is 4.48. The molecule has 1 fully saturated rings. The van der Waals surface area contributed by atoms with Crippen LogP contribution in [0.5, 0.6) is 5.75 Å². The third-order valence-corrected chi connectivity index (χ3v) is 5.89. The maximum Gasteiger partial charge on any atom is 0.336 e. The maximum atomic E-state index is 13.2. The number of carbonyl (C=O) groups is 2. The first-order valence-corrected chi connectivity index (χ1v) is 10.8. The molecule has 0 N–H and O–H groups in total. The number of ether oxygens (including phenoxy) is 2. The number of benzene rings is 2. The molecule has 2 atom stereocenters. The van der Waals surface area contributed by atoms with Gasteiger partial charge >= 0.3 is 5.97 Å². The predicted molar refractivity (Wildman–Crippen MR) is 119 cm³/mol. The largest absolute Gasteiger partial charge is 0.494 e.